The summed E-state index contributed by atoms with van der Waals surface area (Å²) in [6, 6.07) is 7.13. The van der Waals surface area contributed by atoms with E-state index in [0.717, 1.165) is 5.56 Å². The molecule has 0 aliphatic heterocycles. The van der Waals surface area contributed by atoms with Gasteiger partial charge in [0.15, 0.2) is 0 Å². The largest absolute Gasteiger partial charge is 0.388 e. The fourth-order valence-electron chi connectivity index (χ4n) is 1.53. The molecule has 2 unspecified atom stereocenters. The Hall–Kier alpha value is -1.39. The predicted molar refractivity (Wildman–Crippen MR) is 61.2 cm³/mol. The van der Waals surface area contributed by atoms with Crippen molar-refractivity contribution in [1.29, 1.82) is 0 Å². The predicted octanol–water partition coefficient (Wildman–Crippen LogP) is 2.30. The average Bonchev–Trinajstić information content (AvgIpc) is 2.81. The molecule has 2 rings (SSSR count). The third-order valence-corrected chi connectivity index (χ3v) is 2.80. The van der Waals surface area contributed by atoms with Gasteiger partial charge in [-0.3, -0.25) is 5.10 Å². The lowest BCUT2D eigenvalue weighted by Crippen LogP contribution is -2.09. The lowest BCUT2D eigenvalue weighted by molar-refractivity contribution is 0.148. The fourth-order valence-corrected chi connectivity index (χ4v) is 1.66. The van der Waals surface area contributed by atoms with Crippen molar-refractivity contribution >= 4 is 11.6 Å². The van der Waals surface area contributed by atoms with Crippen LogP contribution in [0.15, 0.2) is 30.6 Å². The number of benzene rings is 1. The Bertz CT molecular complexity index is 441. The maximum Gasteiger partial charge on any atom is 0.137 e. The van der Waals surface area contributed by atoms with Crippen LogP contribution >= 0.6 is 11.6 Å². The van der Waals surface area contributed by atoms with E-state index in [9.17, 15) is 5.11 Å². The second-order valence-corrected chi connectivity index (χ2v) is 4.09. The van der Waals surface area contributed by atoms with Crippen molar-refractivity contribution in [1.82, 2.24) is 15.2 Å². The minimum Gasteiger partial charge on any atom is -0.388 e. The van der Waals surface area contributed by atoms with E-state index in [1.165, 1.54) is 6.33 Å². The Morgan fingerprint density at radius 2 is 2.00 bits per heavy atom. The molecule has 1 aromatic heterocycles. The van der Waals surface area contributed by atoms with Crippen LogP contribution in [0.2, 0.25) is 5.02 Å². The van der Waals surface area contributed by atoms with E-state index >= 15 is 0 Å². The summed E-state index contributed by atoms with van der Waals surface area (Å²) < 4.78 is 0. The van der Waals surface area contributed by atoms with Gasteiger partial charge < -0.3 is 5.11 Å². The summed E-state index contributed by atoms with van der Waals surface area (Å²) in [5, 5.41) is 17.3. The topological polar surface area (TPSA) is 61.8 Å². The van der Waals surface area contributed by atoms with Gasteiger partial charge in [0.05, 0.1) is 6.10 Å². The van der Waals surface area contributed by atoms with Crippen LogP contribution in [0.1, 0.15) is 30.3 Å². The lowest BCUT2D eigenvalue weighted by atomic mass is 9.97. The van der Waals surface area contributed by atoms with Crippen molar-refractivity contribution < 1.29 is 5.11 Å². The standard InChI is InChI=1S/C11H12ClN3O/c1-7(11-13-6-14-15-11)10(16)8-2-4-9(12)5-3-8/h2-7,10,16H,1H3,(H,13,14,15). The van der Waals surface area contributed by atoms with Crippen LogP contribution in [0.25, 0.3) is 0 Å². The van der Waals surface area contributed by atoms with Gasteiger partial charge in [-0.2, -0.15) is 5.10 Å². The number of aliphatic hydroxyl groups excluding tert-OH is 1. The SMILES string of the molecule is CC(c1ncn[nH]1)C(O)c1ccc(Cl)cc1. The molecule has 0 aliphatic carbocycles. The van der Waals surface area contributed by atoms with Gasteiger partial charge in [0.1, 0.15) is 12.2 Å². The zero-order valence-electron chi connectivity index (χ0n) is 8.76. The molecule has 2 N–H and O–H groups in total. The summed E-state index contributed by atoms with van der Waals surface area (Å²) in [6.45, 7) is 1.89. The van der Waals surface area contributed by atoms with Crippen molar-refractivity contribution in [2.75, 3.05) is 0 Å². The number of aliphatic hydroxyl groups is 1. The van der Waals surface area contributed by atoms with Crippen molar-refractivity contribution in [3.63, 3.8) is 0 Å². The third-order valence-electron chi connectivity index (χ3n) is 2.55. The highest BCUT2D eigenvalue weighted by Crippen LogP contribution is 2.28. The monoisotopic (exact) mass is 237 g/mol. The van der Waals surface area contributed by atoms with Gasteiger partial charge in [-0.05, 0) is 17.7 Å². The number of H-pyrrole nitrogens is 1. The first-order valence-electron chi connectivity index (χ1n) is 4.97. The Labute approximate surface area is 98.3 Å². The fraction of sp³-hybridized carbons (Fsp3) is 0.273. The summed E-state index contributed by atoms with van der Waals surface area (Å²) in [4.78, 5) is 4.03. The minimum absolute atomic E-state index is 0.135. The molecule has 0 fully saturated rings. The summed E-state index contributed by atoms with van der Waals surface area (Å²) in [6.07, 6.45) is 0.811. The average molecular weight is 238 g/mol. The summed E-state index contributed by atoms with van der Waals surface area (Å²) in [5.74, 6) is 0.533. The zero-order valence-corrected chi connectivity index (χ0v) is 9.52. The molecule has 84 valence electrons. The second kappa shape index (κ2) is 4.63. The molecule has 2 atom stereocenters. The van der Waals surface area contributed by atoms with Crippen molar-refractivity contribution in [3.05, 3.63) is 47.0 Å². The Balaban J connectivity index is 2.19. The second-order valence-electron chi connectivity index (χ2n) is 3.66. The molecule has 0 radical (unpaired) electrons. The van der Waals surface area contributed by atoms with Crippen LogP contribution in [0.3, 0.4) is 0 Å². The van der Waals surface area contributed by atoms with E-state index in [2.05, 4.69) is 15.2 Å². The van der Waals surface area contributed by atoms with Crippen LogP contribution in [0.5, 0.6) is 0 Å². The van der Waals surface area contributed by atoms with Crippen molar-refractivity contribution in [2.24, 2.45) is 0 Å². The molecule has 1 heterocycles. The maximum absolute atomic E-state index is 10.1. The van der Waals surface area contributed by atoms with E-state index in [-0.39, 0.29) is 5.92 Å². The van der Waals surface area contributed by atoms with Crippen molar-refractivity contribution in [2.45, 2.75) is 18.9 Å². The number of halogens is 1. The molecule has 1 aromatic carbocycles. The van der Waals surface area contributed by atoms with Crippen LogP contribution in [0.4, 0.5) is 0 Å². The van der Waals surface area contributed by atoms with E-state index in [1.807, 2.05) is 6.92 Å². The van der Waals surface area contributed by atoms with Crippen molar-refractivity contribution in [3.8, 4) is 0 Å². The highest BCUT2D eigenvalue weighted by atomic mass is 35.5. The van der Waals surface area contributed by atoms with Crippen LogP contribution in [0, 0.1) is 0 Å². The number of hydrogen-bond acceptors (Lipinski definition) is 3. The van der Waals surface area contributed by atoms with E-state index < -0.39 is 6.10 Å². The lowest BCUT2D eigenvalue weighted by Gasteiger charge is -2.16. The van der Waals surface area contributed by atoms with Gasteiger partial charge >= 0.3 is 0 Å². The molecule has 0 spiro atoms. The normalized spacial score (nSPS) is 14.7. The van der Waals surface area contributed by atoms with Crippen LogP contribution in [-0.4, -0.2) is 20.3 Å². The van der Waals surface area contributed by atoms with Gasteiger partial charge in [0.25, 0.3) is 0 Å². The van der Waals surface area contributed by atoms with Gasteiger partial charge in [-0.1, -0.05) is 30.7 Å². The molecule has 16 heavy (non-hydrogen) atoms. The maximum atomic E-state index is 10.1. The molecule has 0 saturated carbocycles. The van der Waals surface area contributed by atoms with E-state index in [0.29, 0.717) is 10.8 Å². The number of aromatic nitrogens is 3. The van der Waals surface area contributed by atoms with Gasteiger partial charge in [-0.25, -0.2) is 4.98 Å². The van der Waals surface area contributed by atoms with E-state index in [4.69, 9.17) is 11.6 Å². The molecule has 5 heteroatoms. The zero-order chi connectivity index (χ0) is 11.5. The number of hydrogen-bond donors (Lipinski definition) is 2. The van der Waals surface area contributed by atoms with E-state index in [1.54, 1.807) is 24.3 Å². The number of nitrogens with one attached hydrogen (secondary N) is 1. The molecular weight excluding hydrogens is 226 g/mol. The summed E-state index contributed by atoms with van der Waals surface area (Å²) in [7, 11) is 0. The number of rotatable bonds is 3. The van der Waals surface area contributed by atoms with Gasteiger partial charge in [0, 0.05) is 10.9 Å². The molecule has 4 nitrogen and oxygen atoms in total. The smallest absolute Gasteiger partial charge is 0.137 e. The summed E-state index contributed by atoms with van der Waals surface area (Å²) >= 11 is 5.79. The first-order chi connectivity index (χ1) is 7.68. The first-order valence-corrected chi connectivity index (χ1v) is 5.35. The number of aromatic amines is 1. The Morgan fingerprint density at radius 1 is 1.31 bits per heavy atom. The molecule has 2 aromatic rings. The van der Waals surface area contributed by atoms with Gasteiger partial charge in [-0.15, -0.1) is 0 Å². The van der Waals surface area contributed by atoms with Crippen LogP contribution < -0.4 is 0 Å². The quantitative estimate of drug-likeness (QED) is 0.861. The molecule has 0 bridgehead atoms. The molecule has 0 aliphatic rings. The Kier molecular flexibility index (Phi) is 3.22. The minimum atomic E-state index is -0.620. The third kappa shape index (κ3) is 2.23. The highest BCUT2D eigenvalue weighted by molar-refractivity contribution is 6.30. The van der Waals surface area contributed by atoms with Gasteiger partial charge in [0.2, 0.25) is 0 Å². The molecular formula is C11H12ClN3O. The number of nitrogens with zero attached hydrogens (tertiary/aromatic N) is 2. The molecule has 0 saturated heterocycles. The van der Waals surface area contributed by atoms with Crippen LogP contribution in [-0.2, 0) is 0 Å². The Morgan fingerprint density at radius 3 is 2.56 bits per heavy atom. The first kappa shape index (κ1) is 11.1. The molecule has 0 amide bonds. The summed E-state index contributed by atoms with van der Waals surface area (Å²) in [5.41, 5.74) is 0.813. The highest BCUT2D eigenvalue weighted by Gasteiger charge is 2.20.